The Morgan fingerprint density at radius 3 is 2.48 bits per heavy atom. The smallest absolute Gasteiger partial charge is 0.223 e. The van der Waals surface area contributed by atoms with Crippen molar-refractivity contribution in [2.75, 3.05) is 19.9 Å². The fourth-order valence-electron chi connectivity index (χ4n) is 2.37. The molecule has 0 aromatic heterocycles. The molecule has 0 spiro atoms. The van der Waals surface area contributed by atoms with Crippen LogP contribution < -0.4 is 4.74 Å². The lowest BCUT2D eigenvalue weighted by Crippen LogP contribution is -2.28. The van der Waals surface area contributed by atoms with Crippen molar-refractivity contribution in [1.29, 1.82) is 0 Å². The molecule has 7 heteroatoms. The molecule has 0 aliphatic carbocycles. The van der Waals surface area contributed by atoms with Crippen molar-refractivity contribution >= 4 is 31.7 Å². The zero-order valence-corrected chi connectivity index (χ0v) is 16.5. The highest BCUT2D eigenvalue weighted by Crippen LogP contribution is 2.24. The first kappa shape index (κ1) is 19.5. The number of hydrogen-bond donors (Lipinski definition) is 0. The van der Waals surface area contributed by atoms with Crippen LogP contribution in [-0.2, 0) is 21.2 Å². The molecule has 0 saturated heterocycles. The molecule has 2 rings (SSSR count). The predicted octanol–water partition coefficient (Wildman–Crippen LogP) is 3.28. The van der Waals surface area contributed by atoms with E-state index < -0.39 is 9.84 Å². The minimum absolute atomic E-state index is 0.0654. The second-order valence-electron chi connectivity index (χ2n) is 5.59. The van der Waals surface area contributed by atoms with Crippen molar-refractivity contribution in [1.82, 2.24) is 4.90 Å². The van der Waals surface area contributed by atoms with Crippen LogP contribution in [0.4, 0.5) is 0 Å². The van der Waals surface area contributed by atoms with Crippen molar-refractivity contribution in [3.63, 3.8) is 0 Å². The van der Waals surface area contributed by atoms with Gasteiger partial charge in [0.15, 0.2) is 9.84 Å². The number of methoxy groups -OCH3 is 1. The highest BCUT2D eigenvalue weighted by molar-refractivity contribution is 9.10. The highest BCUT2D eigenvalue weighted by Gasteiger charge is 2.19. The van der Waals surface area contributed by atoms with Gasteiger partial charge < -0.3 is 9.64 Å². The fourth-order valence-corrected chi connectivity index (χ4v) is 4.03. The lowest BCUT2D eigenvalue weighted by atomic mass is 10.2. The van der Waals surface area contributed by atoms with Crippen LogP contribution in [0.25, 0.3) is 0 Å². The topological polar surface area (TPSA) is 63.7 Å². The Bertz CT molecular complexity index is 837. The van der Waals surface area contributed by atoms with Crippen molar-refractivity contribution < 1.29 is 17.9 Å². The van der Waals surface area contributed by atoms with Crippen LogP contribution in [0.1, 0.15) is 12.0 Å². The SMILES string of the molecule is COc1ccc(Br)cc1CN(C)C(=O)CCS(=O)(=O)c1ccccc1. The van der Waals surface area contributed by atoms with Crippen LogP contribution in [0.2, 0.25) is 0 Å². The quantitative estimate of drug-likeness (QED) is 0.682. The van der Waals surface area contributed by atoms with E-state index >= 15 is 0 Å². The van der Waals surface area contributed by atoms with Gasteiger partial charge in [-0.1, -0.05) is 34.1 Å². The largest absolute Gasteiger partial charge is 0.496 e. The van der Waals surface area contributed by atoms with Crippen LogP contribution in [-0.4, -0.2) is 39.1 Å². The van der Waals surface area contributed by atoms with Gasteiger partial charge in [0.25, 0.3) is 0 Å². The molecule has 0 bridgehead atoms. The molecule has 1 amide bonds. The number of amides is 1. The summed E-state index contributed by atoms with van der Waals surface area (Å²) in [5, 5.41) is 0. The number of halogens is 1. The summed E-state index contributed by atoms with van der Waals surface area (Å²) in [7, 11) is -0.240. The van der Waals surface area contributed by atoms with Gasteiger partial charge in [0.1, 0.15) is 5.75 Å². The van der Waals surface area contributed by atoms with Gasteiger partial charge in [-0.25, -0.2) is 8.42 Å². The van der Waals surface area contributed by atoms with E-state index in [1.54, 1.807) is 32.4 Å². The summed E-state index contributed by atoms with van der Waals surface area (Å²) >= 11 is 3.40. The highest BCUT2D eigenvalue weighted by atomic mass is 79.9. The van der Waals surface area contributed by atoms with E-state index in [0.29, 0.717) is 12.3 Å². The van der Waals surface area contributed by atoms with Crippen LogP contribution in [0.15, 0.2) is 57.9 Å². The van der Waals surface area contributed by atoms with E-state index in [1.165, 1.54) is 17.0 Å². The maximum atomic E-state index is 12.3. The number of benzene rings is 2. The van der Waals surface area contributed by atoms with Crippen LogP contribution in [0.5, 0.6) is 5.75 Å². The average molecular weight is 426 g/mol. The lowest BCUT2D eigenvalue weighted by molar-refractivity contribution is -0.130. The number of sulfone groups is 1. The number of ether oxygens (including phenoxy) is 1. The first-order chi connectivity index (χ1) is 11.8. The molecular weight excluding hydrogens is 406 g/mol. The standard InChI is InChI=1S/C18H20BrNO4S/c1-20(13-14-12-15(19)8-9-17(14)24-2)18(21)10-11-25(22,23)16-6-4-3-5-7-16/h3-9,12H,10-11,13H2,1-2H3. The summed E-state index contributed by atoms with van der Waals surface area (Å²) in [5.74, 6) is 0.233. The maximum absolute atomic E-state index is 12.3. The van der Waals surface area contributed by atoms with Crippen molar-refractivity contribution in [3.05, 3.63) is 58.6 Å². The number of carbonyl (C=O) groups is 1. The Morgan fingerprint density at radius 1 is 1.16 bits per heavy atom. The van der Waals surface area contributed by atoms with E-state index in [0.717, 1.165) is 10.0 Å². The number of rotatable bonds is 7. The minimum atomic E-state index is -3.46. The first-order valence-corrected chi connectivity index (χ1v) is 10.1. The molecular formula is C18H20BrNO4S. The van der Waals surface area contributed by atoms with Crippen LogP contribution in [0, 0.1) is 0 Å². The molecule has 0 aliphatic heterocycles. The third-order valence-electron chi connectivity index (χ3n) is 3.76. The van der Waals surface area contributed by atoms with Gasteiger partial charge >= 0.3 is 0 Å². The van der Waals surface area contributed by atoms with E-state index in [2.05, 4.69) is 15.9 Å². The second kappa shape index (κ2) is 8.49. The summed E-state index contributed by atoms with van der Waals surface area (Å²) in [5.41, 5.74) is 0.846. The van der Waals surface area contributed by atoms with Crippen LogP contribution >= 0.6 is 15.9 Å². The number of carbonyl (C=O) groups excluding carboxylic acids is 1. The van der Waals surface area contributed by atoms with Crippen molar-refractivity contribution in [2.24, 2.45) is 0 Å². The van der Waals surface area contributed by atoms with Gasteiger partial charge in [-0.15, -0.1) is 0 Å². The summed E-state index contributed by atoms with van der Waals surface area (Å²) in [6.45, 7) is 0.340. The lowest BCUT2D eigenvalue weighted by Gasteiger charge is -2.19. The van der Waals surface area contributed by atoms with Gasteiger partial charge in [0, 0.05) is 30.0 Å². The minimum Gasteiger partial charge on any atom is -0.496 e. The predicted molar refractivity (Wildman–Crippen MR) is 100 cm³/mol. The number of hydrogen-bond acceptors (Lipinski definition) is 4. The first-order valence-electron chi connectivity index (χ1n) is 7.67. The van der Waals surface area contributed by atoms with Crippen LogP contribution in [0.3, 0.4) is 0 Å². The Morgan fingerprint density at radius 2 is 1.84 bits per heavy atom. The molecule has 0 atom stereocenters. The van der Waals surface area contributed by atoms with E-state index in [9.17, 15) is 13.2 Å². The fraction of sp³-hybridized carbons (Fsp3) is 0.278. The Balaban J connectivity index is 2.00. The van der Waals surface area contributed by atoms with Gasteiger partial charge in [-0.3, -0.25) is 4.79 Å². The normalized spacial score (nSPS) is 11.2. The molecule has 0 radical (unpaired) electrons. The van der Waals surface area contributed by atoms with Crippen molar-refractivity contribution in [3.8, 4) is 5.75 Å². The zero-order chi connectivity index (χ0) is 18.4. The molecule has 0 heterocycles. The van der Waals surface area contributed by atoms with Crippen molar-refractivity contribution in [2.45, 2.75) is 17.9 Å². The third-order valence-corrected chi connectivity index (χ3v) is 5.99. The molecule has 134 valence electrons. The Labute approximate surface area is 156 Å². The molecule has 5 nitrogen and oxygen atoms in total. The van der Waals surface area contributed by atoms with Gasteiger partial charge in [0.05, 0.1) is 17.8 Å². The second-order valence-corrected chi connectivity index (χ2v) is 8.61. The van der Waals surface area contributed by atoms with E-state index in [4.69, 9.17) is 4.74 Å². The molecule has 0 aliphatic rings. The Kier molecular flexibility index (Phi) is 6.61. The molecule has 0 fully saturated rings. The molecule has 0 unspecified atom stereocenters. The van der Waals surface area contributed by atoms with Gasteiger partial charge in [-0.05, 0) is 30.3 Å². The maximum Gasteiger partial charge on any atom is 0.223 e. The summed E-state index contributed by atoms with van der Waals surface area (Å²) < 4.78 is 30.7. The van der Waals surface area contributed by atoms with Gasteiger partial charge in [-0.2, -0.15) is 0 Å². The average Bonchev–Trinajstić information content (AvgIpc) is 2.60. The monoisotopic (exact) mass is 425 g/mol. The van der Waals surface area contributed by atoms with E-state index in [-0.39, 0.29) is 23.0 Å². The molecule has 2 aromatic rings. The van der Waals surface area contributed by atoms with E-state index in [1.807, 2.05) is 18.2 Å². The summed E-state index contributed by atoms with van der Waals surface area (Å²) in [6.07, 6.45) is -0.0654. The summed E-state index contributed by atoms with van der Waals surface area (Å²) in [6, 6.07) is 13.7. The third kappa shape index (κ3) is 5.31. The molecule has 0 saturated carbocycles. The molecule has 25 heavy (non-hydrogen) atoms. The zero-order valence-electron chi connectivity index (χ0n) is 14.1. The number of nitrogens with zero attached hydrogens (tertiary/aromatic N) is 1. The Hall–Kier alpha value is -1.86. The summed E-state index contributed by atoms with van der Waals surface area (Å²) in [4.78, 5) is 14.1. The molecule has 2 aromatic carbocycles. The van der Waals surface area contributed by atoms with Gasteiger partial charge in [0.2, 0.25) is 5.91 Å². The molecule has 0 N–H and O–H groups in total.